The zero-order valence-corrected chi connectivity index (χ0v) is 8.70. The average molecular weight is 205 g/mol. The van der Waals surface area contributed by atoms with Crippen molar-refractivity contribution >= 4 is 5.91 Å². The molecule has 0 aliphatic heterocycles. The van der Waals surface area contributed by atoms with Gasteiger partial charge >= 0.3 is 0 Å². The molecular weight excluding hydrogens is 193 g/mol. The van der Waals surface area contributed by atoms with Gasteiger partial charge in [0.1, 0.15) is 5.82 Å². The highest BCUT2D eigenvalue weighted by molar-refractivity contribution is 5.92. The van der Waals surface area contributed by atoms with E-state index in [2.05, 4.69) is 0 Å². The minimum atomic E-state index is -0.453. The van der Waals surface area contributed by atoms with Crippen LogP contribution in [0.5, 0.6) is 0 Å². The predicted molar refractivity (Wildman–Crippen MR) is 56.4 cm³/mol. The van der Waals surface area contributed by atoms with E-state index in [0.29, 0.717) is 5.56 Å². The molecule has 0 saturated heterocycles. The second-order valence-electron chi connectivity index (χ2n) is 3.26. The maximum Gasteiger partial charge on any atom is 0.298 e. The molecule has 1 atom stereocenters. The molecule has 0 heterocycles. The number of hydrogen-bond donors (Lipinski definition) is 0. The van der Waals surface area contributed by atoms with Crippen molar-refractivity contribution in [1.82, 2.24) is 4.90 Å². The van der Waals surface area contributed by atoms with E-state index < -0.39 is 5.91 Å². The molecule has 1 unspecified atom stereocenters. The number of rotatable bonds is 2. The highest BCUT2D eigenvalue weighted by atomic mass is 19.1. The highest BCUT2D eigenvalue weighted by Gasteiger charge is 2.18. The number of carbonyl (C=O) groups excluding carboxylic acids is 1. The summed E-state index contributed by atoms with van der Waals surface area (Å²) in [5.74, 6) is 1.21. The number of hydrogen-bond acceptors (Lipinski definition) is 1. The van der Waals surface area contributed by atoms with Crippen LogP contribution in [0, 0.1) is 18.2 Å². The van der Waals surface area contributed by atoms with Crippen LogP contribution in [-0.4, -0.2) is 17.9 Å². The summed E-state index contributed by atoms with van der Waals surface area (Å²) in [5, 5.41) is 0. The molecule has 0 radical (unpaired) electrons. The maximum atomic E-state index is 13.4. The van der Waals surface area contributed by atoms with Gasteiger partial charge in [-0.2, -0.15) is 0 Å². The predicted octanol–water partition coefficient (Wildman–Crippen LogP) is 1.98. The van der Waals surface area contributed by atoms with Gasteiger partial charge in [0.05, 0.1) is 6.04 Å². The van der Waals surface area contributed by atoms with Crippen LogP contribution in [0.25, 0.3) is 0 Å². The first-order valence-electron chi connectivity index (χ1n) is 4.55. The quantitative estimate of drug-likeness (QED) is 0.676. The summed E-state index contributed by atoms with van der Waals surface area (Å²) in [5.41, 5.74) is 0.462. The molecule has 2 nitrogen and oxygen atoms in total. The van der Waals surface area contributed by atoms with Gasteiger partial charge in [0, 0.05) is 12.6 Å². The van der Waals surface area contributed by atoms with Crippen LogP contribution in [0.15, 0.2) is 24.3 Å². The van der Waals surface area contributed by atoms with E-state index in [1.54, 1.807) is 32.2 Å². The smallest absolute Gasteiger partial charge is 0.298 e. The second kappa shape index (κ2) is 4.61. The molecule has 0 bridgehead atoms. The largest absolute Gasteiger partial charge is 0.328 e. The van der Waals surface area contributed by atoms with Crippen LogP contribution < -0.4 is 0 Å². The summed E-state index contributed by atoms with van der Waals surface area (Å²) in [6.07, 6.45) is 4.99. The normalized spacial score (nSPS) is 11.6. The van der Waals surface area contributed by atoms with Gasteiger partial charge in [-0.05, 0) is 18.9 Å². The standard InChI is InChI=1S/C12H12FNO/c1-4-12(15)14(3)9(2)10-7-5-6-8-11(10)13/h1,5-9H,2-3H3. The molecule has 1 aromatic rings. The van der Waals surface area contributed by atoms with Crippen LogP contribution in [0.1, 0.15) is 18.5 Å². The van der Waals surface area contributed by atoms with E-state index in [1.165, 1.54) is 11.0 Å². The molecule has 15 heavy (non-hydrogen) atoms. The molecular formula is C12H12FNO. The maximum absolute atomic E-state index is 13.4. The number of terminal acetylenes is 1. The van der Waals surface area contributed by atoms with Crippen LogP contribution in [0.2, 0.25) is 0 Å². The number of nitrogens with zero attached hydrogens (tertiary/aromatic N) is 1. The Morgan fingerprint density at radius 2 is 2.13 bits per heavy atom. The third kappa shape index (κ3) is 2.35. The van der Waals surface area contributed by atoms with Gasteiger partial charge in [0.15, 0.2) is 0 Å². The Labute approximate surface area is 88.7 Å². The van der Waals surface area contributed by atoms with E-state index in [0.717, 1.165) is 0 Å². The van der Waals surface area contributed by atoms with Gasteiger partial charge < -0.3 is 4.90 Å². The molecule has 1 rings (SSSR count). The molecule has 0 N–H and O–H groups in total. The Balaban J connectivity index is 2.96. The van der Waals surface area contributed by atoms with E-state index >= 15 is 0 Å². The lowest BCUT2D eigenvalue weighted by Gasteiger charge is -2.23. The molecule has 1 aromatic carbocycles. The zero-order valence-electron chi connectivity index (χ0n) is 8.70. The van der Waals surface area contributed by atoms with Gasteiger partial charge in [0.25, 0.3) is 5.91 Å². The third-order valence-electron chi connectivity index (χ3n) is 2.38. The Morgan fingerprint density at radius 3 is 2.67 bits per heavy atom. The fraction of sp³-hybridized carbons (Fsp3) is 0.250. The molecule has 0 aliphatic carbocycles. The lowest BCUT2D eigenvalue weighted by Crippen LogP contribution is -2.28. The van der Waals surface area contributed by atoms with Gasteiger partial charge in [-0.15, -0.1) is 6.42 Å². The van der Waals surface area contributed by atoms with Crippen LogP contribution in [0.4, 0.5) is 4.39 Å². The summed E-state index contributed by atoms with van der Waals surface area (Å²) >= 11 is 0. The van der Waals surface area contributed by atoms with E-state index in [4.69, 9.17) is 6.42 Å². The SMILES string of the molecule is C#CC(=O)N(C)C(C)c1ccccc1F. The molecule has 1 amide bonds. The van der Waals surface area contributed by atoms with Crippen LogP contribution >= 0.6 is 0 Å². The summed E-state index contributed by atoms with van der Waals surface area (Å²) in [6.45, 7) is 1.73. The summed E-state index contributed by atoms with van der Waals surface area (Å²) in [6, 6.07) is 5.97. The highest BCUT2D eigenvalue weighted by Crippen LogP contribution is 2.21. The fourth-order valence-corrected chi connectivity index (χ4v) is 1.30. The minimum absolute atomic E-state index is 0.332. The van der Waals surface area contributed by atoms with Crippen molar-refractivity contribution in [2.24, 2.45) is 0 Å². The first-order valence-corrected chi connectivity index (χ1v) is 4.55. The Hall–Kier alpha value is -1.82. The van der Waals surface area contributed by atoms with E-state index in [1.807, 2.05) is 5.92 Å². The van der Waals surface area contributed by atoms with Crippen molar-refractivity contribution in [3.8, 4) is 12.3 Å². The van der Waals surface area contributed by atoms with Crippen molar-refractivity contribution in [3.63, 3.8) is 0 Å². The van der Waals surface area contributed by atoms with E-state index in [9.17, 15) is 9.18 Å². The van der Waals surface area contributed by atoms with Gasteiger partial charge in [0.2, 0.25) is 0 Å². The van der Waals surface area contributed by atoms with E-state index in [-0.39, 0.29) is 11.9 Å². The minimum Gasteiger partial charge on any atom is -0.328 e. The molecule has 78 valence electrons. The van der Waals surface area contributed by atoms with Crippen molar-refractivity contribution < 1.29 is 9.18 Å². The van der Waals surface area contributed by atoms with Gasteiger partial charge in [-0.25, -0.2) is 4.39 Å². The van der Waals surface area contributed by atoms with Gasteiger partial charge in [-0.3, -0.25) is 4.79 Å². The number of halogens is 1. The Bertz CT molecular complexity index is 408. The topological polar surface area (TPSA) is 20.3 Å². The fourth-order valence-electron chi connectivity index (χ4n) is 1.30. The monoisotopic (exact) mass is 205 g/mol. The van der Waals surface area contributed by atoms with Crippen molar-refractivity contribution in [3.05, 3.63) is 35.6 Å². The first-order chi connectivity index (χ1) is 7.07. The summed E-state index contributed by atoms with van der Waals surface area (Å²) in [7, 11) is 1.55. The van der Waals surface area contributed by atoms with Crippen LogP contribution in [0.3, 0.4) is 0 Å². The Kier molecular flexibility index (Phi) is 3.46. The Morgan fingerprint density at radius 1 is 1.53 bits per heavy atom. The van der Waals surface area contributed by atoms with Crippen LogP contribution in [-0.2, 0) is 4.79 Å². The molecule has 0 aromatic heterocycles. The lowest BCUT2D eigenvalue weighted by atomic mass is 10.1. The van der Waals surface area contributed by atoms with Crippen molar-refractivity contribution in [2.75, 3.05) is 7.05 Å². The lowest BCUT2D eigenvalue weighted by molar-refractivity contribution is -0.125. The number of carbonyl (C=O) groups is 1. The number of benzene rings is 1. The van der Waals surface area contributed by atoms with Crippen molar-refractivity contribution in [2.45, 2.75) is 13.0 Å². The molecule has 0 fully saturated rings. The summed E-state index contributed by atoms with van der Waals surface area (Å²) < 4.78 is 13.4. The zero-order chi connectivity index (χ0) is 11.4. The molecule has 0 saturated carbocycles. The average Bonchev–Trinajstić information content (AvgIpc) is 2.26. The summed E-state index contributed by atoms with van der Waals surface area (Å²) in [4.78, 5) is 12.5. The first kappa shape index (κ1) is 11.3. The van der Waals surface area contributed by atoms with Crippen molar-refractivity contribution in [1.29, 1.82) is 0 Å². The second-order valence-corrected chi connectivity index (χ2v) is 3.26. The molecule has 0 aliphatic rings. The van der Waals surface area contributed by atoms with Gasteiger partial charge in [-0.1, -0.05) is 18.2 Å². The number of amides is 1. The molecule has 3 heteroatoms. The third-order valence-corrected chi connectivity index (χ3v) is 2.38. The molecule has 0 spiro atoms.